The van der Waals surface area contributed by atoms with Crippen molar-refractivity contribution in [2.24, 2.45) is 7.05 Å². The summed E-state index contributed by atoms with van der Waals surface area (Å²) >= 11 is 5.98. The molecule has 19 heavy (non-hydrogen) atoms. The van der Waals surface area contributed by atoms with Crippen LogP contribution in [0, 0.1) is 0 Å². The Morgan fingerprint density at radius 2 is 2.16 bits per heavy atom. The van der Waals surface area contributed by atoms with Gasteiger partial charge in [0.25, 0.3) is 0 Å². The van der Waals surface area contributed by atoms with Crippen LogP contribution in [0.3, 0.4) is 0 Å². The molecule has 1 N–H and O–H groups in total. The number of aryl methyl sites for hydroxylation is 2. The van der Waals surface area contributed by atoms with Crippen molar-refractivity contribution in [2.75, 3.05) is 11.9 Å². The number of halogens is 1. The highest BCUT2D eigenvalue weighted by atomic mass is 35.5. The summed E-state index contributed by atoms with van der Waals surface area (Å²) in [4.78, 5) is 8.63. The molecule has 0 amide bonds. The molecule has 6 heteroatoms. The molecule has 5 nitrogen and oxygen atoms in total. The van der Waals surface area contributed by atoms with Gasteiger partial charge in [-0.15, -0.1) is 0 Å². The Bertz CT molecular complexity index is 538. The fourth-order valence-corrected chi connectivity index (χ4v) is 2.03. The predicted octanol–water partition coefficient (Wildman–Crippen LogP) is 2.47. The Balaban J connectivity index is 1.91. The SMILES string of the molecule is CCCc1nc(Cl)cc(NCCc2cnn(C)c2)n1. The van der Waals surface area contributed by atoms with Crippen molar-refractivity contribution >= 4 is 17.4 Å². The molecule has 0 aliphatic carbocycles. The third kappa shape index (κ3) is 4.21. The molecular formula is C13H18ClN5. The third-order valence-corrected chi connectivity index (χ3v) is 2.89. The van der Waals surface area contributed by atoms with Gasteiger partial charge in [0.05, 0.1) is 6.20 Å². The van der Waals surface area contributed by atoms with E-state index in [0.29, 0.717) is 5.15 Å². The minimum absolute atomic E-state index is 0.488. The van der Waals surface area contributed by atoms with Crippen molar-refractivity contribution in [3.8, 4) is 0 Å². The minimum atomic E-state index is 0.488. The zero-order valence-electron chi connectivity index (χ0n) is 11.2. The van der Waals surface area contributed by atoms with Crippen LogP contribution in [0.5, 0.6) is 0 Å². The second kappa shape index (κ2) is 6.52. The third-order valence-electron chi connectivity index (χ3n) is 2.69. The van der Waals surface area contributed by atoms with Crippen LogP contribution in [-0.2, 0) is 19.9 Å². The average Bonchev–Trinajstić information content (AvgIpc) is 2.75. The Morgan fingerprint density at radius 1 is 1.32 bits per heavy atom. The van der Waals surface area contributed by atoms with Gasteiger partial charge in [0.2, 0.25) is 0 Å². The predicted molar refractivity (Wildman–Crippen MR) is 76.4 cm³/mol. The summed E-state index contributed by atoms with van der Waals surface area (Å²) in [5, 5.41) is 7.89. The Kier molecular flexibility index (Phi) is 4.74. The number of hydrogen-bond donors (Lipinski definition) is 1. The maximum Gasteiger partial charge on any atom is 0.134 e. The first kappa shape index (κ1) is 13.8. The largest absolute Gasteiger partial charge is 0.370 e. The number of aromatic nitrogens is 4. The number of rotatable bonds is 6. The highest BCUT2D eigenvalue weighted by Crippen LogP contribution is 2.12. The van der Waals surface area contributed by atoms with E-state index in [4.69, 9.17) is 11.6 Å². The fourth-order valence-electron chi connectivity index (χ4n) is 1.83. The second-order valence-electron chi connectivity index (χ2n) is 4.44. The minimum Gasteiger partial charge on any atom is -0.370 e. The molecule has 0 spiro atoms. The molecule has 0 aliphatic rings. The highest BCUT2D eigenvalue weighted by molar-refractivity contribution is 6.29. The van der Waals surface area contributed by atoms with E-state index in [2.05, 4.69) is 27.3 Å². The highest BCUT2D eigenvalue weighted by Gasteiger charge is 2.03. The van der Waals surface area contributed by atoms with E-state index in [1.54, 1.807) is 10.7 Å². The van der Waals surface area contributed by atoms with Crippen LogP contribution in [-0.4, -0.2) is 26.3 Å². The van der Waals surface area contributed by atoms with Crippen molar-refractivity contribution in [3.05, 3.63) is 35.0 Å². The Morgan fingerprint density at radius 3 is 2.84 bits per heavy atom. The lowest BCUT2D eigenvalue weighted by atomic mass is 10.2. The first-order chi connectivity index (χ1) is 9.17. The summed E-state index contributed by atoms with van der Waals surface area (Å²) < 4.78 is 1.80. The fraction of sp³-hybridized carbons (Fsp3) is 0.462. The van der Waals surface area contributed by atoms with Gasteiger partial charge < -0.3 is 5.32 Å². The van der Waals surface area contributed by atoms with Crippen LogP contribution in [0.4, 0.5) is 5.82 Å². The molecule has 2 aromatic rings. The number of anilines is 1. The maximum atomic E-state index is 5.98. The van der Waals surface area contributed by atoms with Gasteiger partial charge in [0.15, 0.2) is 0 Å². The van der Waals surface area contributed by atoms with Crippen LogP contribution < -0.4 is 5.32 Å². The zero-order chi connectivity index (χ0) is 13.7. The van der Waals surface area contributed by atoms with Gasteiger partial charge in [-0.2, -0.15) is 5.10 Å². The normalized spacial score (nSPS) is 10.7. The van der Waals surface area contributed by atoms with Gasteiger partial charge in [-0.25, -0.2) is 9.97 Å². The molecule has 0 bridgehead atoms. The van der Waals surface area contributed by atoms with Gasteiger partial charge in [-0.05, 0) is 18.4 Å². The van der Waals surface area contributed by atoms with Crippen LogP contribution in [0.2, 0.25) is 5.15 Å². The van der Waals surface area contributed by atoms with E-state index >= 15 is 0 Å². The molecule has 0 fully saturated rings. The van der Waals surface area contributed by atoms with Gasteiger partial charge in [-0.1, -0.05) is 18.5 Å². The zero-order valence-corrected chi connectivity index (χ0v) is 12.0. The molecule has 0 unspecified atom stereocenters. The van der Waals surface area contributed by atoms with Crippen LogP contribution in [0.25, 0.3) is 0 Å². The van der Waals surface area contributed by atoms with E-state index in [-0.39, 0.29) is 0 Å². The first-order valence-corrected chi connectivity index (χ1v) is 6.80. The Hall–Kier alpha value is -1.62. The molecule has 2 aromatic heterocycles. The molecule has 0 atom stereocenters. The summed E-state index contributed by atoms with van der Waals surface area (Å²) in [5.41, 5.74) is 1.20. The first-order valence-electron chi connectivity index (χ1n) is 6.42. The van der Waals surface area contributed by atoms with Gasteiger partial charge in [0, 0.05) is 32.3 Å². The number of nitrogens with zero attached hydrogens (tertiary/aromatic N) is 4. The maximum absolute atomic E-state index is 5.98. The summed E-state index contributed by atoms with van der Waals surface area (Å²) in [6, 6.07) is 1.75. The van der Waals surface area contributed by atoms with Gasteiger partial charge in [0.1, 0.15) is 16.8 Å². The summed E-state index contributed by atoms with van der Waals surface area (Å²) in [7, 11) is 1.91. The van der Waals surface area contributed by atoms with Crippen molar-refractivity contribution < 1.29 is 0 Å². The van der Waals surface area contributed by atoms with Crippen LogP contribution >= 0.6 is 11.6 Å². The average molecular weight is 280 g/mol. The molecule has 0 saturated heterocycles. The van der Waals surface area contributed by atoms with E-state index < -0.39 is 0 Å². The lowest BCUT2D eigenvalue weighted by molar-refractivity contribution is 0.766. The van der Waals surface area contributed by atoms with E-state index in [0.717, 1.165) is 37.4 Å². The summed E-state index contributed by atoms with van der Waals surface area (Å²) in [6.45, 7) is 2.89. The molecule has 0 saturated carbocycles. The molecule has 102 valence electrons. The van der Waals surface area contributed by atoms with Crippen molar-refractivity contribution in [3.63, 3.8) is 0 Å². The summed E-state index contributed by atoms with van der Waals surface area (Å²) in [6.07, 6.45) is 6.64. The van der Waals surface area contributed by atoms with E-state index in [1.807, 2.05) is 19.4 Å². The standard InChI is InChI=1S/C13H18ClN5/c1-3-4-12-17-11(14)7-13(18-12)15-6-5-10-8-16-19(2)9-10/h7-9H,3-6H2,1-2H3,(H,15,17,18). The molecule has 0 radical (unpaired) electrons. The quantitative estimate of drug-likeness (QED) is 0.826. The second-order valence-corrected chi connectivity index (χ2v) is 4.83. The topological polar surface area (TPSA) is 55.6 Å². The van der Waals surface area contributed by atoms with Gasteiger partial charge >= 0.3 is 0 Å². The van der Waals surface area contributed by atoms with Crippen molar-refractivity contribution in [1.82, 2.24) is 19.7 Å². The van der Waals surface area contributed by atoms with Gasteiger partial charge in [-0.3, -0.25) is 4.68 Å². The van der Waals surface area contributed by atoms with E-state index in [1.165, 1.54) is 5.56 Å². The van der Waals surface area contributed by atoms with Crippen LogP contribution in [0.15, 0.2) is 18.5 Å². The smallest absolute Gasteiger partial charge is 0.134 e. The molecular weight excluding hydrogens is 262 g/mol. The lowest BCUT2D eigenvalue weighted by Gasteiger charge is -2.06. The van der Waals surface area contributed by atoms with Crippen LogP contribution in [0.1, 0.15) is 24.7 Å². The lowest BCUT2D eigenvalue weighted by Crippen LogP contribution is -2.08. The number of nitrogens with one attached hydrogen (secondary N) is 1. The monoisotopic (exact) mass is 279 g/mol. The molecule has 0 aliphatic heterocycles. The number of hydrogen-bond acceptors (Lipinski definition) is 4. The molecule has 0 aromatic carbocycles. The van der Waals surface area contributed by atoms with Crippen molar-refractivity contribution in [2.45, 2.75) is 26.2 Å². The summed E-state index contributed by atoms with van der Waals surface area (Å²) in [5.74, 6) is 1.58. The Labute approximate surface area is 118 Å². The molecule has 2 heterocycles. The van der Waals surface area contributed by atoms with E-state index in [9.17, 15) is 0 Å². The molecule has 2 rings (SSSR count). The van der Waals surface area contributed by atoms with Crippen molar-refractivity contribution in [1.29, 1.82) is 0 Å².